The molecule has 2 aromatic rings. The lowest BCUT2D eigenvalue weighted by Crippen LogP contribution is -2.23. The first kappa shape index (κ1) is 14.0. The number of carbonyl (C=O) groups is 1. The van der Waals surface area contributed by atoms with Crippen LogP contribution in [0.2, 0.25) is 0 Å². The molecule has 0 aliphatic carbocycles. The summed E-state index contributed by atoms with van der Waals surface area (Å²) < 4.78 is 5.02. The van der Waals surface area contributed by atoms with Crippen molar-refractivity contribution in [3.8, 4) is 5.88 Å². The lowest BCUT2D eigenvalue weighted by molar-refractivity contribution is 0.0946. The van der Waals surface area contributed by atoms with Gasteiger partial charge in [-0.15, -0.1) is 0 Å². The van der Waals surface area contributed by atoms with Crippen molar-refractivity contribution in [2.24, 2.45) is 5.73 Å². The van der Waals surface area contributed by atoms with Gasteiger partial charge in [0.1, 0.15) is 5.69 Å². The maximum Gasteiger partial charge on any atom is 0.270 e. The zero-order valence-corrected chi connectivity index (χ0v) is 11.2. The van der Waals surface area contributed by atoms with E-state index in [0.717, 1.165) is 11.1 Å². The van der Waals surface area contributed by atoms with E-state index in [2.05, 4.69) is 15.3 Å². The Hall–Kier alpha value is -2.47. The van der Waals surface area contributed by atoms with E-state index in [0.29, 0.717) is 24.7 Å². The van der Waals surface area contributed by atoms with E-state index >= 15 is 0 Å². The van der Waals surface area contributed by atoms with Crippen LogP contribution in [-0.4, -0.2) is 23.0 Å². The van der Waals surface area contributed by atoms with Gasteiger partial charge in [-0.05, 0) is 23.3 Å². The Morgan fingerprint density at radius 2 is 2.15 bits per heavy atom. The van der Waals surface area contributed by atoms with Crippen LogP contribution in [0.3, 0.4) is 0 Å². The average molecular weight is 272 g/mol. The van der Waals surface area contributed by atoms with Crippen molar-refractivity contribution >= 4 is 5.91 Å². The number of methoxy groups -OCH3 is 1. The predicted molar refractivity (Wildman–Crippen MR) is 74.1 cm³/mol. The summed E-state index contributed by atoms with van der Waals surface area (Å²) in [6, 6.07) is 7.03. The molecule has 0 radical (unpaired) electrons. The first-order chi connectivity index (χ1) is 9.72. The number of pyridine rings is 2. The first-order valence-electron chi connectivity index (χ1n) is 6.15. The van der Waals surface area contributed by atoms with E-state index in [1.807, 2.05) is 6.07 Å². The van der Waals surface area contributed by atoms with E-state index < -0.39 is 0 Å². The maximum absolute atomic E-state index is 11.9. The molecule has 0 aliphatic rings. The Morgan fingerprint density at radius 1 is 1.30 bits per heavy atom. The predicted octanol–water partition coefficient (Wildman–Crippen LogP) is 0.874. The summed E-state index contributed by atoms with van der Waals surface area (Å²) in [5.41, 5.74) is 7.64. The van der Waals surface area contributed by atoms with Crippen LogP contribution in [0.25, 0.3) is 0 Å². The smallest absolute Gasteiger partial charge is 0.270 e. The molecular weight excluding hydrogens is 256 g/mol. The summed E-state index contributed by atoms with van der Waals surface area (Å²) >= 11 is 0. The fraction of sp³-hybridized carbons (Fsp3) is 0.214. The SMILES string of the molecule is COc1cc(CNC(=O)c2ccc(CN)cn2)ccn1. The monoisotopic (exact) mass is 272 g/mol. The van der Waals surface area contributed by atoms with Crippen molar-refractivity contribution in [2.45, 2.75) is 13.1 Å². The molecule has 0 aromatic carbocycles. The number of rotatable bonds is 5. The van der Waals surface area contributed by atoms with Crippen LogP contribution < -0.4 is 15.8 Å². The lowest BCUT2D eigenvalue weighted by Gasteiger charge is -2.06. The van der Waals surface area contributed by atoms with Gasteiger partial charge in [-0.3, -0.25) is 9.78 Å². The zero-order valence-electron chi connectivity index (χ0n) is 11.2. The first-order valence-corrected chi connectivity index (χ1v) is 6.15. The van der Waals surface area contributed by atoms with Crippen LogP contribution in [0.15, 0.2) is 36.7 Å². The summed E-state index contributed by atoms with van der Waals surface area (Å²) in [4.78, 5) is 20.0. The number of nitrogens with zero attached hydrogens (tertiary/aromatic N) is 2. The molecule has 0 aliphatic heterocycles. The lowest BCUT2D eigenvalue weighted by atomic mass is 10.2. The van der Waals surface area contributed by atoms with E-state index in [9.17, 15) is 4.79 Å². The topological polar surface area (TPSA) is 90.1 Å². The Kier molecular flexibility index (Phi) is 4.62. The van der Waals surface area contributed by atoms with Crippen LogP contribution in [0, 0.1) is 0 Å². The molecule has 2 aromatic heterocycles. The van der Waals surface area contributed by atoms with Gasteiger partial charge in [-0.2, -0.15) is 0 Å². The zero-order chi connectivity index (χ0) is 14.4. The summed E-state index contributed by atoms with van der Waals surface area (Å²) in [6.07, 6.45) is 3.24. The van der Waals surface area contributed by atoms with Crippen LogP contribution in [0.1, 0.15) is 21.6 Å². The van der Waals surface area contributed by atoms with E-state index in [4.69, 9.17) is 10.5 Å². The minimum Gasteiger partial charge on any atom is -0.481 e. The number of nitrogens with one attached hydrogen (secondary N) is 1. The highest BCUT2D eigenvalue weighted by molar-refractivity contribution is 5.92. The van der Waals surface area contributed by atoms with Crippen molar-refractivity contribution in [2.75, 3.05) is 7.11 Å². The highest BCUT2D eigenvalue weighted by Gasteiger charge is 2.07. The molecule has 6 heteroatoms. The number of aromatic nitrogens is 2. The molecule has 0 spiro atoms. The number of hydrogen-bond acceptors (Lipinski definition) is 5. The maximum atomic E-state index is 11.9. The fourth-order valence-corrected chi connectivity index (χ4v) is 1.62. The Balaban J connectivity index is 1.97. The second-order valence-corrected chi connectivity index (χ2v) is 4.14. The molecule has 1 amide bonds. The minimum absolute atomic E-state index is 0.232. The van der Waals surface area contributed by atoms with Gasteiger partial charge in [-0.1, -0.05) is 6.07 Å². The summed E-state index contributed by atoms with van der Waals surface area (Å²) in [5.74, 6) is 0.284. The molecule has 3 N–H and O–H groups in total. The molecule has 6 nitrogen and oxygen atoms in total. The van der Waals surface area contributed by atoms with Crippen LogP contribution >= 0.6 is 0 Å². The number of ether oxygens (including phenoxy) is 1. The molecular formula is C14H16N4O2. The van der Waals surface area contributed by atoms with Crippen molar-refractivity contribution in [3.63, 3.8) is 0 Å². The van der Waals surface area contributed by atoms with Gasteiger partial charge >= 0.3 is 0 Å². The van der Waals surface area contributed by atoms with Crippen LogP contribution in [-0.2, 0) is 13.1 Å². The molecule has 0 fully saturated rings. The number of carbonyl (C=O) groups excluding carboxylic acids is 1. The van der Waals surface area contributed by atoms with Crippen molar-refractivity contribution in [1.82, 2.24) is 15.3 Å². The van der Waals surface area contributed by atoms with Gasteiger partial charge in [-0.25, -0.2) is 4.98 Å². The molecule has 0 saturated carbocycles. The quantitative estimate of drug-likeness (QED) is 0.843. The second kappa shape index (κ2) is 6.63. The van der Waals surface area contributed by atoms with Crippen LogP contribution in [0.4, 0.5) is 0 Å². The summed E-state index contributed by atoms with van der Waals surface area (Å²) in [6.45, 7) is 0.795. The highest BCUT2D eigenvalue weighted by atomic mass is 16.5. The largest absolute Gasteiger partial charge is 0.481 e. The Morgan fingerprint density at radius 3 is 2.80 bits per heavy atom. The van der Waals surface area contributed by atoms with Gasteiger partial charge in [0.05, 0.1) is 7.11 Å². The normalized spacial score (nSPS) is 10.1. The van der Waals surface area contributed by atoms with Gasteiger partial charge in [0.15, 0.2) is 0 Å². The van der Waals surface area contributed by atoms with Crippen molar-refractivity contribution in [1.29, 1.82) is 0 Å². The second-order valence-electron chi connectivity index (χ2n) is 4.14. The summed E-state index contributed by atoms with van der Waals surface area (Å²) in [7, 11) is 1.55. The Bertz CT molecular complexity index is 584. The van der Waals surface area contributed by atoms with Gasteiger partial charge < -0.3 is 15.8 Å². The molecule has 0 atom stereocenters. The van der Waals surface area contributed by atoms with E-state index in [1.54, 1.807) is 37.7 Å². The van der Waals surface area contributed by atoms with Crippen LogP contribution in [0.5, 0.6) is 5.88 Å². The fourth-order valence-electron chi connectivity index (χ4n) is 1.62. The van der Waals surface area contributed by atoms with Gasteiger partial charge in [0.2, 0.25) is 5.88 Å². The third-order valence-corrected chi connectivity index (χ3v) is 2.75. The molecule has 104 valence electrons. The standard InChI is InChI=1S/C14H16N4O2/c1-20-13-6-10(4-5-16-13)8-18-14(19)12-3-2-11(7-15)9-17-12/h2-6,9H,7-8,15H2,1H3,(H,18,19). The number of amides is 1. The third kappa shape index (κ3) is 3.52. The van der Waals surface area contributed by atoms with Crippen molar-refractivity contribution < 1.29 is 9.53 Å². The molecule has 0 unspecified atom stereocenters. The van der Waals surface area contributed by atoms with E-state index in [-0.39, 0.29) is 5.91 Å². The molecule has 0 bridgehead atoms. The molecule has 20 heavy (non-hydrogen) atoms. The van der Waals surface area contributed by atoms with Gasteiger partial charge in [0, 0.05) is 31.5 Å². The van der Waals surface area contributed by atoms with Crippen molar-refractivity contribution in [3.05, 3.63) is 53.5 Å². The number of hydrogen-bond donors (Lipinski definition) is 2. The van der Waals surface area contributed by atoms with Gasteiger partial charge in [0.25, 0.3) is 5.91 Å². The average Bonchev–Trinajstić information content (AvgIpc) is 2.53. The highest BCUT2D eigenvalue weighted by Crippen LogP contribution is 2.08. The molecule has 0 saturated heterocycles. The summed E-state index contributed by atoms with van der Waals surface area (Å²) in [5, 5.41) is 2.79. The minimum atomic E-state index is -0.232. The number of nitrogens with two attached hydrogens (primary N) is 1. The Labute approximate surface area is 117 Å². The molecule has 2 heterocycles. The van der Waals surface area contributed by atoms with E-state index in [1.165, 1.54) is 0 Å². The molecule has 2 rings (SSSR count). The third-order valence-electron chi connectivity index (χ3n) is 2.75.